The Morgan fingerprint density at radius 3 is 2.06 bits per heavy atom. The first kappa shape index (κ1) is 21.2. The lowest BCUT2D eigenvalue weighted by Crippen LogP contribution is -2.24. The van der Waals surface area contributed by atoms with Gasteiger partial charge >= 0.3 is 0 Å². The third-order valence-corrected chi connectivity index (χ3v) is 5.44. The summed E-state index contributed by atoms with van der Waals surface area (Å²) >= 11 is 0. The number of hydrogen-bond acceptors (Lipinski definition) is 3. The molecule has 1 amide bonds. The van der Waals surface area contributed by atoms with Crippen LogP contribution in [-0.4, -0.2) is 16.3 Å². The maximum atomic E-state index is 13.2. The van der Waals surface area contributed by atoms with Gasteiger partial charge in [-0.2, -0.15) is 0 Å². The number of aromatic nitrogens is 1. The van der Waals surface area contributed by atoms with Gasteiger partial charge in [-0.1, -0.05) is 59.2 Å². The fourth-order valence-corrected chi connectivity index (χ4v) is 3.66. The molecule has 0 atom stereocenters. The first-order valence-corrected chi connectivity index (χ1v) is 10.4. The van der Waals surface area contributed by atoms with Gasteiger partial charge in [0.15, 0.2) is 5.78 Å². The quantitative estimate of drug-likeness (QED) is 0.468. The van der Waals surface area contributed by atoms with E-state index in [-0.39, 0.29) is 29.2 Å². The van der Waals surface area contributed by atoms with Crippen molar-refractivity contribution in [2.75, 3.05) is 5.32 Å². The van der Waals surface area contributed by atoms with Gasteiger partial charge in [-0.05, 0) is 45.0 Å². The fraction of sp³-hybridized carbons (Fsp3) is 0.148. The Morgan fingerprint density at radius 2 is 1.41 bits per heavy atom. The molecule has 4 aromatic rings. The summed E-state index contributed by atoms with van der Waals surface area (Å²) in [7, 11) is 0. The second-order valence-electron chi connectivity index (χ2n) is 8.13. The molecule has 0 saturated carbocycles. The lowest BCUT2D eigenvalue weighted by Gasteiger charge is -2.14. The van der Waals surface area contributed by atoms with Crippen molar-refractivity contribution >= 4 is 28.3 Å². The number of rotatable bonds is 5. The van der Waals surface area contributed by atoms with Crippen molar-refractivity contribution in [3.8, 4) is 0 Å². The van der Waals surface area contributed by atoms with Crippen molar-refractivity contribution in [1.29, 1.82) is 0 Å². The Kier molecular flexibility index (Phi) is 5.73. The number of carbonyl (C=O) groups is 2. The van der Waals surface area contributed by atoms with E-state index in [1.165, 1.54) is 6.20 Å². The maximum Gasteiger partial charge on any atom is 0.244 e. The van der Waals surface area contributed by atoms with Gasteiger partial charge in [0.25, 0.3) is 0 Å². The minimum atomic E-state index is -0.355. The highest BCUT2D eigenvalue weighted by Crippen LogP contribution is 2.17. The van der Waals surface area contributed by atoms with E-state index >= 15 is 0 Å². The number of fused-ring (bicyclic) bond motifs is 1. The molecule has 5 heteroatoms. The van der Waals surface area contributed by atoms with Gasteiger partial charge in [0, 0.05) is 22.8 Å². The van der Waals surface area contributed by atoms with E-state index in [9.17, 15) is 14.4 Å². The van der Waals surface area contributed by atoms with Crippen LogP contribution in [0.5, 0.6) is 0 Å². The monoisotopic (exact) mass is 424 g/mol. The number of aryl methyl sites for hydroxylation is 3. The van der Waals surface area contributed by atoms with E-state index in [4.69, 9.17) is 0 Å². The van der Waals surface area contributed by atoms with Crippen LogP contribution < -0.4 is 10.7 Å². The molecule has 0 saturated heterocycles. The van der Waals surface area contributed by atoms with Gasteiger partial charge in [0.05, 0.1) is 11.1 Å². The van der Waals surface area contributed by atoms with Crippen molar-refractivity contribution in [2.45, 2.75) is 27.3 Å². The average molecular weight is 425 g/mol. The Morgan fingerprint density at radius 1 is 0.812 bits per heavy atom. The van der Waals surface area contributed by atoms with Crippen LogP contribution in [0, 0.1) is 20.8 Å². The predicted molar refractivity (Wildman–Crippen MR) is 127 cm³/mol. The molecule has 1 heterocycles. The summed E-state index contributed by atoms with van der Waals surface area (Å²) in [4.78, 5) is 39.1. The first-order chi connectivity index (χ1) is 15.3. The Labute approximate surface area is 186 Å². The van der Waals surface area contributed by atoms with Gasteiger partial charge in [0.1, 0.15) is 6.54 Å². The van der Waals surface area contributed by atoms with E-state index in [1.54, 1.807) is 22.8 Å². The average Bonchev–Trinajstić information content (AvgIpc) is 2.77. The molecule has 32 heavy (non-hydrogen) atoms. The number of benzene rings is 3. The summed E-state index contributed by atoms with van der Waals surface area (Å²) in [6.45, 7) is 5.78. The van der Waals surface area contributed by atoms with Crippen molar-refractivity contribution in [3.63, 3.8) is 0 Å². The van der Waals surface area contributed by atoms with Crippen molar-refractivity contribution in [3.05, 3.63) is 111 Å². The van der Waals surface area contributed by atoms with Crippen LogP contribution in [-0.2, 0) is 11.3 Å². The predicted octanol–water partition coefficient (Wildman–Crippen LogP) is 4.80. The highest BCUT2D eigenvalue weighted by Gasteiger charge is 2.18. The lowest BCUT2D eigenvalue weighted by molar-refractivity contribution is -0.116. The number of pyridine rings is 1. The number of amides is 1. The molecule has 3 aromatic carbocycles. The molecule has 0 aliphatic carbocycles. The van der Waals surface area contributed by atoms with Crippen LogP contribution >= 0.6 is 0 Å². The van der Waals surface area contributed by atoms with Crippen LogP contribution in [0.25, 0.3) is 10.9 Å². The summed E-state index contributed by atoms with van der Waals surface area (Å²) in [6, 6.07) is 20.1. The van der Waals surface area contributed by atoms with E-state index in [2.05, 4.69) is 5.32 Å². The van der Waals surface area contributed by atoms with Gasteiger partial charge in [-0.15, -0.1) is 0 Å². The van der Waals surface area contributed by atoms with Crippen LogP contribution in [0.15, 0.2) is 77.7 Å². The number of carbonyl (C=O) groups excluding carboxylic acids is 2. The highest BCUT2D eigenvalue weighted by atomic mass is 16.2. The van der Waals surface area contributed by atoms with Crippen LogP contribution in [0.1, 0.15) is 32.6 Å². The second kappa shape index (κ2) is 8.63. The molecule has 0 aliphatic rings. The Bertz CT molecular complexity index is 1380. The molecule has 4 rings (SSSR count). The molecule has 5 nitrogen and oxygen atoms in total. The van der Waals surface area contributed by atoms with Gasteiger partial charge in [-0.25, -0.2) is 0 Å². The smallest absolute Gasteiger partial charge is 0.244 e. The molecule has 0 spiro atoms. The Balaban J connectivity index is 1.75. The molecule has 1 N–H and O–H groups in total. The van der Waals surface area contributed by atoms with Crippen molar-refractivity contribution in [1.82, 2.24) is 4.57 Å². The lowest BCUT2D eigenvalue weighted by atomic mass is 10.0. The number of nitrogens with one attached hydrogen (secondary N) is 1. The second-order valence-corrected chi connectivity index (χ2v) is 8.13. The van der Waals surface area contributed by atoms with Crippen LogP contribution in [0.4, 0.5) is 5.69 Å². The van der Waals surface area contributed by atoms with Gasteiger partial charge < -0.3 is 9.88 Å². The number of nitrogens with zero attached hydrogens (tertiary/aromatic N) is 1. The van der Waals surface area contributed by atoms with E-state index in [0.717, 1.165) is 16.7 Å². The number of ketones is 1. The molecule has 0 unspecified atom stereocenters. The van der Waals surface area contributed by atoms with Crippen LogP contribution in [0.2, 0.25) is 0 Å². The van der Waals surface area contributed by atoms with E-state index < -0.39 is 0 Å². The molecule has 0 bridgehead atoms. The van der Waals surface area contributed by atoms with Crippen molar-refractivity contribution in [2.24, 2.45) is 0 Å². The third kappa shape index (κ3) is 4.37. The Hall–Kier alpha value is -3.99. The minimum absolute atomic E-state index is 0.0259. The molecular weight excluding hydrogens is 400 g/mol. The largest absolute Gasteiger partial charge is 0.337 e. The molecule has 160 valence electrons. The first-order valence-electron chi connectivity index (χ1n) is 10.4. The molecular formula is C27H24N2O3. The zero-order valence-corrected chi connectivity index (χ0v) is 18.3. The summed E-state index contributed by atoms with van der Waals surface area (Å²) in [5.74, 6) is -0.598. The standard InChI is InChI=1S/C27H24N2O3/c1-17-4-9-20(10-5-17)26(31)23-15-29(24-13-8-19(3)14-22(24)27(23)32)16-25(30)28-21-11-6-18(2)7-12-21/h4-15H,16H2,1-3H3,(H,28,30). The normalized spacial score (nSPS) is 10.8. The fourth-order valence-electron chi connectivity index (χ4n) is 3.66. The highest BCUT2D eigenvalue weighted by molar-refractivity contribution is 6.10. The van der Waals surface area contributed by atoms with E-state index in [0.29, 0.717) is 22.2 Å². The minimum Gasteiger partial charge on any atom is -0.337 e. The topological polar surface area (TPSA) is 68.2 Å². The van der Waals surface area contributed by atoms with Crippen molar-refractivity contribution < 1.29 is 9.59 Å². The third-order valence-electron chi connectivity index (χ3n) is 5.44. The van der Waals surface area contributed by atoms with E-state index in [1.807, 2.05) is 69.3 Å². The summed E-state index contributed by atoms with van der Waals surface area (Å²) < 4.78 is 1.67. The molecule has 0 radical (unpaired) electrons. The molecule has 1 aromatic heterocycles. The SMILES string of the molecule is Cc1ccc(NC(=O)Cn2cc(C(=O)c3ccc(C)cc3)c(=O)c3cc(C)ccc32)cc1. The summed E-state index contributed by atoms with van der Waals surface area (Å²) in [5, 5.41) is 3.29. The zero-order chi connectivity index (χ0) is 22.8. The number of anilines is 1. The van der Waals surface area contributed by atoms with Crippen LogP contribution in [0.3, 0.4) is 0 Å². The molecule has 0 fully saturated rings. The van der Waals surface area contributed by atoms with Gasteiger partial charge in [0.2, 0.25) is 11.3 Å². The maximum absolute atomic E-state index is 13.2. The number of hydrogen-bond donors (Lipinski definition) is 1. The zero-order valence-electron chi connectivity index (χ0n) is 18.3. The van der Waals surface area contributed by atoms with Gasteiger partial charge in [-0.3, -0.25) is 14.4 Å². The summed E-state index contributed by atoms with van der Waals surface area (Å²) in [5.41, 5.74) is 4.50. The summed E-state index contributed by atoms with van der Waals surface area (Å²) in [6.07, 6.45) is 1.50. The molecule has 0 aliphatic heterocycles.